The minimum absolute atomic E-state index is 0.0197. The number of fused-ring (bicyclic) bond motifs is 1. The molecule has 9 nitrogen and oxygen atoms in total. The predicted molar refractivity (Wildman–Crippen MR) is 100 cm³/mol. The maximum atomic E-state index is 12.8. The highest BCUT2D eigenvalue weighted by atomic mass is 16.6. The molecule has 2 unspecified atom stereocenters. The molecule has 0 bridgehead atoms. The predicted octanol–water partition coefficient (Wildman–Crippen LogP) is 1.00. The molecule has 3 rings (SSSR count). The number of nitrogens with zero attached hydrogens (tertiary/aromatic N) is 4. The number of nitrogens with two attached hydrogens (primary N) is 1. The molecule has 0 radical (unpaired) electrons. The lowest BCUT2D eigenvalue weighted by molar-refractivity contribution is 0.0208. The van der Waals surface area contributed by atoms with Crippen molar-refractivity contribution >= 4 is 17.8 Å². The minimum Gasteiger partial charge on any atom is -0.444 e. The fraction of sp³-hybridized carbons (Fsp3) is 0.722. The van der Waals surface area contributed by atoms with Gasteiger partial charge in [-0.05, 0) is 27.7 Å². The molecule has 150 valence electrons. The zero-order valence-corrected chi connectivity index (χ0v) is 16.5. The van der Waals surface area contributed by atoms with Crippen molar-refractivity contribution in [3.05, 3.63) is 11.9 Å². The third-order valence-corrected chi connectivity index (χ3v) is 4.87. The van der Waals surface area contributed by atoms with Gasteiger partial charge in [-0.25, -0.2) is 9.59 Å². The number of rotatable bonds is 2. The van der Waals surface area contributed by atoms with Crippen molar-refractivity contribution in [1.82, 2.24) is 14.7 Å². The zero-order valence-electron chi connectivity index (χ0n) is 16.5. The van der Waals surface area contributed by atoms with Gasteiger partial charge in [-0.2, -0.15) is 0 Å². The summed E-state index contributed by atoms with van der Waals surface area (Å²) >= 11 is 0. The third kappa shape index (κ3) is 4.02. The van der Waals surface area contributed by atoms with Gasteiger partial charge in [0, 0.05) is 12.7 Å². The van der Waals surface area contributed by atoms with Crippen molar-refractivity contribution in [2.75, 3.05) is 39.4 Å². The molecule has 0 aromatic rings. The summed E-state index contributed by atoms with van der Waals surface area (Å²) in [6.07, 6.45) is 1.01. The van der Waals surface area contributed by atoms with Crippen LogP contribution in [0.4, 0.5) is 9.59 Å². The Kier molecular flexibility index (Phi) is 5.32. The molecule has 0 aromatic carbocycles. The second-order valence-electron chi connectivity index (χ2n) is 8.11. The summed E-state index contributed by atoms with van der Waals surface area (Å²) in [5, 5.41) is 0. The largest absolute Gasteiger partial charge is 0.444 e. The van der Waals surface area contributed by atoms with E-state index in [1.165, 1.54) is 6.20 Å². The molecule has 3 amide bonds. The van der Waals surface area contributed by atoms with Gasteiger partial charge in [0.05, 0.1) is 56.3 Å². The molecule has 3 heterocycles. The van der Waals surface area contributed by atoms with E-state index < -0.39 is 11.7 Å². The van der Waals surface area contributed by atoms with Gasteiger partial charge >= 0.3 is 12.1 Å². The van der Waals surface area contributed by atoms with Crippen LogP contribution in [0.1, 0.15) is 27.7 Å². The van der Waals surface area contributed by atoms with Crippen molar-refractivity contribution in [3.63, 3.8) is 0 Å². The minimum atomic E-state index is -0.577. The van der Waals surface area contributed by atoms with Crippen LogP contribution in [0.3, 0.4) is 0 Å². The van der Waals surface area contributed by atoms with Crippen molar-refractivity contribution in [2.24, 2.45) is 10.7 Å². The van der Waals surface area contributed by atoms with Gasteiger partial charge in [0.15, 0.2) is 0 Å². The van der Waals surface area contributed by atoms with Crippen LogP contribution in [0.2, 0.25) is 0 Å². The van der Waals surface area contributed by atoms with Crippen molar-refractivity contribution in [3.8, 4) is 0 Å². The first-order valence-corrected chi connectivity index (χ1v) is 9.32. The Morgan fingerprint density at radius 2 is 2.15 bits per heavy atom. The highest BCUT2D eigenvalue weighted by Crippen LogP contribution is 2.25. The van der Waals surface area contributed by atoms with E-state index in [0.29, 0.717) is 44.3 Å². The molecule has 0 aliphatic carbocycles. The van der Waals surface area contributed by atoms with Crippen LogP contribution in [0.5, 0.6) is 0 Å². The molecule has 2 saturated heterocycles. The van der Waals surface area contributed by atoms with Gasteiger partial charge < -0.3 is 20.1 Å². The topological polar surface area (TPSA) is 101 Å². The molecule has 3 aliphatic rings. The molecule has 9 heteroatoms. The second kappa shape index (κ2) is 7.38. The first-order valence-electron chi connectivity index (χ1n) is 9.32. The smallest absolute Gasteiger partial charge is 0.410 e. The van der Waals surface area contributed by atoms with Gasteiger partial charge in [-0.15, -0.1) is 0 Å². The van der Waals surface area contributed by atoms with Crippen molar-refractivity contribution in [1.29, 1.82) is 0 Å². The lowest BCUT2D eigenvalue weighted by Crippen LogP contribution is -2.50. The Balaban J connectivity index is 1.76. The molecule has 2 fully saturated rings. The van der Waals surface area contributed by atoms with Gasteiger partial charge in [0.2, 0.25) is 0 Å². The third-order valence-electron chi connectivity index (χ3n) is 4.87. The molecular weight excluding hydrogens is 350 g/mol. The summed E-state index contributed by atoms with van der Waals surface area (Å²) in [5.41, 5.74) is 6.47. The fourth-order valence-electron chi connectivity index (χ4n) is 3.48. The first kappa shape index (κ1) is 19.5. The van der Waals surface area contributed by atoms with E-state index in [9.17, 15) is 9.59 Å². The summed E-state index contributed by atoms with van der Waals surface area (Å²) in [5.74, 6) is 0. The Hall–Kier alpha value is -2.29. The first-order chi connectivity index (χ1) is 12.7. The average Bonchev–Trinajstić information content (AvgIpc) is 2.92. The number of aliphatic imine (C=N–C) groups is 1. The van der Waals surface area contributed by atoms with Gasteiger partial charge in [-0.1, -0.05) is 0 Å². The number of hydrogen-bond acceptors (Lipinski definition) is 6. The number of carbonyl (C=O) groups is 2. The Morgan fingerprint density at radius 3 is 2.78 bits per heavy atom. The number of morpholine rings is 1. The number of carbonyl (C=O) groups excluding carboxylic acids is 2. The number of urea groups is 1. The van der Waals surface area contributed by atoms with Crippen LogP contribution in [0.25, 0.3) is 0 Å². The van der Waals surface area contributed by atoms with Crippen LogP contribution in [0, 0.1) is 0 Å². The van der Waals surface area contributed by atoms with Crippen LogP contribution in [-0.4, -0.2) is 89.6 Å². The molecule has 2 N–H and O–H groups in total. The fourth-order valence-corrected chi connectivity index (χ4v) is 3.48. The van der Waals surface area contributed by atoms with Crippen LogP contribution >= 0.6 is 0 Å². The molecule has 2 atom stereocenters. The summed E-state index contributed by atoms with van der Waals surface area (Å²) in [6.45, 7) is 10.3. The van der Waals surface area contributed by atoms with E-state index in [-0.39, 0.29) is 24.7 Å². The molecule has 0 aromatic heterocycles. The van der Waals surface area contributed by atoms with Crippen LogP contribution < -0.4 is 5.73 Å². The zero-order chi connectivity index (χ0) is 19.8. The molecule has 27 heavy (non-hydrogen) atoms. The van der Waals surface area contributed by atoms with Crippen molar-refractivity contribution in [2.45, 2.75) is 45.4 Å². The number of amides is 3. The Morgan fingerprint density at radius 1 is 1.41 bits per heavy atom. The Bertz CT molecular complexity index is 669. The summed E-state index contributed by atoms with van der Waals surface area (Å²) in [6, 6.07) is -0.159. The molecule has 0 saturated carbocycles. The lowest BCUT2D eigenvalue weighted by Gasteiger charge is -2.35. The monoisotopic (exact) mass is 379 g/mol. The van der Waals surface area contributed by atoms with Crippen LogP contribution in [-0.2, 0) is 9.47 Å². The number of hydrogen-bond donors (Lipinski definition) is 1. The standard InChI is InChI=1S/C18H29N5O4/c1-12-8-20-14(10-22(12)17(25)27-18(2,3)4)15(7-19)23-9-13-11-26-6-5-21(13)16(23)24/h7,12-13H,5-6,8-11,19H2,1-4H3. The van der Waals surface area contributed by atoms with E-state index in [4.69, 9.17) is 15.2 Å². The SMILES string of the molecule is CC1CN=C(C(=CN)N2CC3COCCN3C2=O)CN1C(=O)OC(C)(C)C. The van der Waals surface area contributed by atoms with E-state index in [1.54, 1.807) is 9.80 Å². The van der Waals surface area contributed by atoms with Gasteiger partial charge in [-0.3, -0.25) is 14.8 Å². The average molecular weight is 379 g/mol. The van der Waals surface area contributed by atoms with Gasteiger partial charge in [0.1, 0.15) is 5.60 Å². The molecule has 3 aliphatic heterocycles. The second-order valence-corrected chi connectivity index (χ2v) is 8.11. The number of ether oxygens (including phenoxy) is 2. The van der Waals surface area contributed by atoms with Gasteiger partial charge in [0.25, 0.3) is 0 Å². The maximum absolute atomic E-state index is 12.8. The highest BCUT2D eigenvalue weighted by molar-refractivity contribution is 6.05. The summed E-state index contributed by atoms with van der Waals surface area (Å²) in [7, 11) is 0. The quantitative estimate of drug-likeness (QED) is 0.771. The van der Waals surface area contributed by atoms with E-state index in [1.807, 2.05) is 32.6 Å². The summed E-state index contributed by atoms with van der Waals surface area (Å²) < 4.78 is 11.0. The molecule has 0 spiro atoms. The van der Waals surface area contributed by atoms with Crippen LogP contribution in [0.15, 0.2) is 16.9 Å². The molecular formula is C18H29N5O4. The van der Waals surface area contributed by atoms with Crippen molar-refractivity contribution < 1.29 is 19.1 Å². The normalized spacial score (nSPS) is 26.8. The Labute approximate surface area is 159 Å². The lowest BCUT2D eigenvalue weighted by atomic mass is 10.1. The van der Waals surface area contributed by atoms with E-state index >= 15 is 0 Å². The van der Waals surface area contributed by atoms with E-state index in [2.05, 4.69) is 4.99 Å². The summed E-state index contributed by atoms with van der Waals surface area (Å²) in [4.78, 5) is 35.0. The maximum Gasteiger partial charge on any atom is 0.410 e. The highest BCUT2D eigenvalue weighted by Gasteiger charge is 2.42. The van der Waals surface area contributed by atoms with E-state index in [0.717, 1.165) is 0 Å².